The van der Waals surface area contributed by atoms with Gasteiger partial charge in [-0.05, 0) is 29.4 Å². The zero-order valence-electron chi connectivity index (χ0n) is 11.0. The van der Waals surface area contributed by atoms with Crippen LogP contribution in [0.4, 0.5) is 0 Å². The van der Waals surface area contributed by atoms with Gasteiger partial charge in [-0.3, -0.25) is 0 Å². The van der Waals surface area contributed by atoms with Crippen LogP contribution in [0.1, 0.15) is 25.0 Å². The molecular weight excluding hydrogens is 248 g/mol. The molecule has 0 spiro atoms. The maximum atomic E-state index is 8.75. The highest BCUT2D eigenvalue weighted by molar-refractivity contribution is 7.98. The number of hydrogen-bond donors (Lipinski definition) is 2. The summed E-state index contributed by atoms with van der Waals surface area (Å²) in [6.07, 6.45) is 0. The van der Waals surface area contributed by atoms with Crippen LogP contribution >= 0.6 is 11.8 Å². The summed E-state index contributed by atoms with van der Waals surface area (Å²) in [5.74, 6) is 3.39. The summed E-state index contributed by atoms with van der Waals surface area (Å²) >= 11 is 1.87. The van der Waals surface area contributed by atoms with Crippen molar-refractivity contribution in [2.75, 3.05) is 12.9 Å². The molecule has 0 saturated carbocycles. The van der Waals surface area contributed by atoms with Crippen molar-refractivity contribution in [1.82, 2.24) is 0 Å². The van der Waals surface area contributed by atoms with Gasteiger partial charge in [-0.1, -0.05) is 25.1 Å². The van der Waals surface area contributed by atoms with Gasteiger partial charge in [0.25, 0.3) is 0 Å². The number of hydrogen-bond acceptors (Lipinski definition) is 4. The Bertz CT molecular complexity index is 419. The molecule has 0 aliphatic rings. The molecule has 0 amide bonds. The Morgan fingerprint density at radius 1 is 1.50 bits per heavy atom. The van der Waals surface area contributed by atoms with Crippen molar-refractivity contribution in [1.29, 1.82) is 0 Å². The second-order valence-corrected chi connectivity index (χ2v) is 5.46. The van der Waals surface area contributed by atoms with Crippen LogP contribution in [0.15, 0.2) is 23.4 Å². The van der Waals surface area contributed by atoms with Crippen LogP contribution in [0.2, 0.25) is 0 Å². The van der Waals surface area contributed by atoms with Crippen molar-refractivity contribution < 1.29 is 9.94 Å². The topological polar surface area (TPSA) is 67.8 Å². The molecule has 1 rings (SSSR count). The molecule has 100 valence electrons. The van der Waals surface area contributed by atoms with Crippen LogP contribution in [0, 0.1) is 5.92 Å². The highest BCUT2D eigenvalue weighted by Crippen LogP contribution is 2.23. The summed E-state index contributed by atoms with van der Waals surface area (Å²) in [6, 6.07) is 5.75. The number of nitrogens with two attached hydrogens (primary N) is 1. The summed E-state index contributed by atoms with van der Waals surface area (Å²) in [5, 5.41) is 11.8. The molecule has 0 aliphatic heterocycles. The zero-order chi connectivity index (χ0) is 13.5. The number of rotatable bonds is 6. The number of nitrogens with zero attached hydrogens (tertiary/aromatic N) is 1. The summed E-state index contributed by atoms with van der Waals surface area (Å²) in [6.45, 7) is 4.39. The average Bonchev–Trinajstić information content (AvgIpc) is 2.37. The van der Waals surface area contributed by atoms with E-state index in [0.717, 1.165) is 17.1 Å². The fourth-order valence-corrected chi connectivity index (χ4v) is 2.52. The lowest BCUT2D eigenvalue weighted by Gasteiger charge is -2.10. The average molecular weight is 268 g/mol. The van der Waals surface area contributed by atoms with Gasteiger partial charge >= 0.3 is 0 Å². The first-order valence-electron chi connectivity index (χ1n) is 5.81. The molecule has 0 radical (unpaired) electrons. The van der Waals surface area contributed by atoms with E-state index in [9.17, 15) is 0 Å². The third-order valence-corrected chi connectivity index (χ3v) is 3.81. The minimum atomic E-state index is 0.0718. The predicted octanol–water partition coefficient (Wildman–Crippen LogP) is 2.68. The van der Waals surface area contributed by atoms with Crippen molar-refractivity contribution in [3.63, 3.8) is 0 Å². The number of methoxy groups -OCH3 is 1. The van der Waals surface area contributed by atoms with Gasteiger partial charge in [-0.15, -0.1) is 0 Å². The number of thioether (sulfide) groups is 1. The van der Waals surface area contributed by atoms with Gasteiger partial charge < -0.3 is 15.7 Å². The molecule has 0 atom stereocenters. The first-order valence-corrected chi connectivity index (χ1v) is 6.96. The second kappa shape index (κ2) is 7.16. The standard InChI is InChI=1S/C13H20N2O2S/c1-9(2)7-18-8-10-4-5-12(17-3)11(6-10)13(14)15-16/h4-6,9,16H,7-8H2,1-3H3,(H2,14,15). The summed E-state index contributed by atoms with van der Waals surface area (Å²) in [4.78, 5) is 0. The second-order valence-electron chi connectivity index (χ2n) is 4.43. The van der Waals surface area contributed by atoms with Gasteiger partial charge in [0.1, 0.15) is 5.75 Å². The molecule has 5 heteroatoms. The Hall–Kier alpha value is -1.36. The van der Waals surface area contributed by atoms with E-state index in [0.29, 0.717) is 17.2 Å². The van der Waals surface area contributed by atoms with E-state index in [-0.39, 0.29) is 5.84 Å². The number of amidine groups is 1. The SMILES string of the molecule is COc1ccc(CSCC(C)C)cc1C(N)=NO. The van der Waals surface area contributed by atoms with Crippen molar-refractivity contribution >= 4 is 17.6 Å². The molecule has 0 unspecified atom stereocenters. The smallest absolute Gasteiger partial charge is 0.173 e. The Morgan fingerprint density at radius 2 is 2.22 bits per heavy atom. The minimum Gasteiger partial charge on any atom is -0.496 e. The third-order valence-electron chi connectivity index (χ3n) is 2.37. The Morgan fingerprint density at radius 3 is 2.78 bits per heavy atom. The molecule has 1 aromatic rings. The number of benzene rings is 1. The molecule has 0 saturated heterocycles. The molecule has 18 heavy (non-hydrogen) atoms. The molecule has 0 aromatic heterocycles. The first-order chi connectivity index (χ1) is 8.58. The fourth-order valence-electron chi connectivity index (χ4n) is 1.51. The Labute approximate surface area is 112 Å². The Kier molecular flexibility index (Phi) is 5.85. The van der Waals surface area contributed by atoms with E-state index in [4.69, 9.17) is 15.7 Å². The maximum absolute atomic E-state index is 8.75. The lowest BCUT2D eigenvalue weighted by Crippen LogP contribution is -2.14. The van der Waals surface area contributed by atoms with E-state index >= 15 is 0 Å². The predicted molar refractivity (Wildman–Crippen MR) is 76.5 cm³/mol. The highest BCUT2D eigenvalue weighted by Gasteiger charge is 2.09. The lowest BCUT2D eigenvalue weighted by atomic mass is 10.1. The first kappa shape index (κ1) is 14.7. The Balaban J connectivity index is 2.83. The third kappa shape index (κ3) is 4.14. The molecule has 0 heterocycles. The van der Waals surface area contributed by atoms with Crippen LogP contribution in [-0.4, -0.2) is 23.9 Å². The molecule has 0 aliphatic carbocycles. The van der Waals surface area contributed by atoms with Gasteiger partial charge in [-0.2, -0.15) is 11.8 Å². The van der Waals surface area contributed by atoms with Crippen molar-refractivity contribution in [2.45, 2.75) is 19.6 Å². The molecule has 4 nitrogen and oxygen atoms in total. The van der Waals surface area contributed by atoms with Gasteiger partial charge in [-0.25, -0.2) is 0 Å². The van der Waals surface area contributed by atoms with Crippen molar-refractivity contribution in [3.8, 4) is 5.75 Å². The van der Waals surface area contributed by atoms with Crippen molar-refractivity contribution in [3.05, 3.63) is 29.3 Å². The molecule has 3 N–H and O–H groups in total. The van der Waals surface area contributed by atoms with E-state index in [1.165, 1.54) is 0 Å². The van der Waals surface area contributed by atoms with Crippen LogP contribution in [0.25, 0.3) is 0 Å². The maximum Gasteiger partial charge on any atom is 0.173 e. The van der Waals surface area contributed by atoms with Gasteiger partial charge in [0.2, 0.25) is 0 Å². The van der Waals surface area contributed by atoms with E-state index in [1.54, 1.807) is 7.11 Å². The van der Waals surface area contributed by atoms with Crippen LogP contribution in [-0.2, 0) is 5.75 Å². The minimum absolute atomic E-state index is 0.0718. The molecular formula is C13H20N2O2S. The van der Waals surface area contributed by atoms with E-state index in [2.05, 4.69) is 19.0 Å². The zero-order valence-corrected chi connectivity index (χ0v) is 11.8. The largest absolute Gasteiger partial charge is 0.496 e. The van der Waals surface area contributed by atoms with Crippen LogP contribution < -0.4 is 10.5 Å². The monoisotopic (exact) mass is 268 g/mol. The van der Waals surface area contributed by atoms with Gasteiger partial charge in [0, 0.05) is 5.75 Å². The summed E-state index contributed by atoms with van der Waals surface area (Å²) in [5.41, 5.74) is 7.40. The van der Waals surface area contributed by atoms with Crippen LogP contribution in [0.3, 0.4) is 0 Å². The molecule has 1 aromatic carbocycles. The lowest BCUT2D eigenvalue weighted by molar-refractivity contribution is 0.318. The fraction of sp³-hybridized carbons (Fsp3) is 0.462. The summed E-state index contributed by atoms with van der Waals surface area (Å²) in [7, 11) is 1.57. The number of oxime groups is 1. The van der Waals surface area contributed by atoms with Gasteiger partial charge in [0.15, 0.2) is 5.84 Å². The van der Waals surface area contributed by atoms with Crippen molar-refractivity contribution in [2.24, 2.45) is 16.8 Å². The van der Waals surface area contributed by atoms with Crippen LogP contribution in [0.5, 0.6) is 5.75 Å². The summed E-state index contributed by atoms with van der Waals surface area (Å²) < 4.78 is 5.19. The normalized spacial score (nSPS) is 11.9. The molecule has 0 bridgehead atoms. The quantitative estimate of drug-likeness (QED) is 0.360. The highest BCUT2D eigenvalue weighted by atomic mass is 32.2. The number of ether oxygens (including phenoxy) is 1. The molecule has 0 fully saturated rings. The van der Waals surface area contributed by atoms with E-state index < -0.39 is 0 Å². The van der Waals surface area contributed by atoms with Gasteiger partial charge in [0.05, 0.1) is 12.7 Å². The van der Waals surface area contributed by atoms with E-state index in [1.807, 2.05) is 30.0 Å².